The number of hydrogen-bond donors (Lipinski definition) is 0. The second-order valence-electron chi connectivity index (χ2n) is 3.12. The molecule has 0 aliphatic heterocycles. The molecular weight excluding hydrogens is 368 g/mol. The molecule has 0 N–H and O–H groups in total. The van der Waals surface area contributed by atoms with Gasteiger partial charge < -0.3 is 0 Å². The molecule has 2 aromatic rings. The molecule has 2 nitrogen and oxygen atoms in total. The first-order chi connectivity index (χ1) is 7.87. The maximum atomic E-state index is 12.2. The molecule has 0 aliphatic rings. The average molecular weight is 372 g/mol. The summed E-state index contributed by atoms with van der Waals surface area (Å²) in [6, 6.07) is 4.64. The molecular formula is C10H4BrF3O2Se. The van der Waals surface area contributed by atoms with Gasteiger partial charge in [-0.2, -0.15) is 0 Å². The zero-order valence-corrected chi connectivity index (χ0v) is 11.3. The predicted octanol–water partition coefficient (Wildman–Crippen LogP) is 2.40. The van der Waals surface area contributed by atoms with E-state index in [2.05, 4.69) is 15.9 Å². The third-order valence-electron chi connectivity index (χ3n) is 1.93. The van der Waals surface area contributed by atoms with E-state index in [0.717, 1.165) is 6.26 Å². The van der Waals surface area contributed by atoms with Crippen LogP contribution in [0.3, 0.4) is 0 Å². The third-order valence-corrected chi connectivity index (χ3v) is 3.96. The summed E-state index contributed by atoms with van der Waals surface area (Å²) in [5.41, 5.74) is -0.343. The van der Waals surface area contributed by atoms with Crippen molar-refractivity contribution < 1.29 is 17.6 Å². The van der Waals surface area contributed by atoms with E-state index >= 15 is 0 Å². The Kier molecular flexibility index (Phi) is 3.34. The molecule has 0 spiro atoms. The van der Waals surface area contributed by atoms with Crippen LogP contribution < -0.4 is 9.89 Å². The Bertz CT molecular complexity index is 621. The van der Waals surface area contributed by atoms with Gasteiger partial charge in [-0.1, -0.05) is 0 Å². The normalized spacial score (nSPS) is 12.0. The molecule has 0 atom stereocenters. The first kappa shape index (κ1) is 12.7. The minimum atomic E-state index is -4.36. The molecule has 2 rings (SSSR count). The maximum absolute atomic E-state index is 12.2. The summed E-state index contributed by atoms with van der Waals surface area (Å²) in [7, 11) is 0. The number of benzene rings is 1. The molecule has 1 aromatic carbocycles. The van der Waals surface area contributed by atoms with Crippen LogP contribution in [0.4, 0.5) is 13.2 Å². The second kappa shape index (κ2) is 4.48. The number of rotatable bonds is 1. The van der Waals surface area contributed by atoms with E-state index in [9.17, 15) is 18.0 Å². The quantitative estimate of drug-likeness (QED) is 0.720. The van der Waals surface area contributed by atoms with Gasteiger partial charge in [0.1, 0.15) is 0 Å². The summed E-state index contributed by atoms with van der Waals surface area (Å²) in [4.78, 5) is 11.8. The first-order valence-corrected chi connectivity index (χ1v) is 6.84. The molecule has 0 saturated heterocycles. The zero-order chi connectivity index (χ0) is 12.6. The van der Waals surface area contributed by atoms with Crippen LogP contribution in [-0.4, -0.2) is 20.0 Å². The van der Waals surface area contributed by atoms with Crippen molar-refractivity contribution in [3.05, 3.63) is 39.2 Å². The molecule has 0 unspecified atom stereocenters. The van der Waals surface area contributed by atoms with Gasteiger partial charge in [0, 0.05) is 0 Å². The summed E-state index contributed by atoms with van der Waals surface area (Å²) in [6.07, 6.45) is 0.895. The fourth-order valence-electron chi connectivity index (χ4n) is 1.28. The Labute approximate surface area is 108 Å². The molecule has 0 radical (unpaired) electrons. The van der Waals surface area contributed by atoms with Gasteiger partial charge in [-0.25, -0.2) is 0 Å². The van der Waals surface area contributed by atoms with Gasteiger partial charge in [0.2, 0.25) is 0 Å². The molecule has 0 fully saturated rings. The van der Waals surface area contributed by atoms with Crippen LogP contribution in [0.2, 0.25) is 0 Å². The van der Waals surface area contributed by atoms with E-state index in [-0.39, 0.29) is 15.4 Å². The van der Waals surface area contributed by atoms with Crippen LogP contribution >= 0.6 is 15.9 Å². The number of halogens is 4. The van der Waals surface area contributed by atoms with Crippen molar-refractivity contribution in [2.45, 2.75) is 5.07 Å². The fraction of sp³-hybridized carbons (Fsp3) is 0.100. The minimum absolute atomic E-state index is 0.156. The predicted molar refractivity (Wildman–Crippen MR) is 61.6 cm³/mol. The Morgan fingerprint density at radius 1 is 1.29 bits per heavy atom. The molecule has 17 heavy (non-hydrogen) atoms. The van der Waals surface area contributed by atoms with Crippen LogP contribution in [0.15, 0.2) is 38.1 Å². The fourth-order valence-corrected chi connectivity index (χ4v) is 2.79. The van der Waals surface area contributed by atoms with Crippen molar-refractivity contribution >= 4 is 46.3 Å². The second-order valence-corrected chi connectivity index (χ2v) is 6.36. The Hall–Kier alpha value is -0.781. The standard InChI is InChI=1S/C10H4BrF3O2Se/c11-5-1-2-7-6(3-5)9(15)8(4-16-7)17-10(12,13)14/h1-4H. The van der Waals surface area contributed by atoms with Gasteiger partial charge in [0.15, 0.2) is 0 Å². The van der Waals surface area contributed by atoms with Crippen LogP contribution in [0.25, 0.3) is 11.0 Å². The third kappa shape index (κ3) is 2.91. The van der Waals surface area contributed by atoms with Crippen molar-refractivity contribution in [3.63, 3.8) is 0 Å². The monoisotopic (exact) mass is 372 g/mol. The van der Waals surface area contributed by atoms with Crippen molar-refractivity contribution in [3.8, 4) is 0 Å². The van der Waals surface area contributed by atoms with Crippen LogP contribution in [0.1, 0.15) is 0 Å². The van der Waals surface area contributed by atoms with E-state index < -0.39 is 25.5 Å². The van der Waals surface area contributed by atoms with Gasteiger partial charge in [-0.05, 0) is 0 Å². The van der Waals surface area contributed by atoms with Crippen molar-refractivity contribution in [1.29, 1.82) is 0 Å². The summed E-state index contributed by atoms with van der Waals surface area (Å²) < 4.78 is 42.0. The molecule has 1 heterocycles. The molecule has 0 saturated carbocycles. The molecule has 90 valence electrons. The Morgan fingerprint density at radius 2 is 2.00 bits per heavy atom. The molecule has 7 heteroatoms. The van der Waals surface area contributed by atoms with Crippen molar-refractivity contribution in [2.75, 3.05) is 0 Å². The SMILES string of the molecule is O=c1c([Se]C(F)(F)F)coc2ccc(Br)cc12. The van der Waals surface area contributed by atoms with Gasteiger partial charge in [0.25, 0.3) is 0 Å². The Balaban J connectivity index is 2.61. The van der Waals surface area contributed by atoms with E-state index in [1.807, 2.05) is 0 Å². The molecule has 0 aliphatic carbocycles. The van der Waals surface area contributed by atoms with Crippen molar-refractivity contribution in [1.82, 2.24) is 0 Å². The molecule has 0 bridgehead atoms. The van der Waals surface area contributed by atoms with Gasteiger partial charge >= 0.3 is 108 Å². The van der Waals surface area contributed by atoms with Crippen molar-refractivity contribution in [2.24, 2.45) is 0 Å². The van der Waals surface area contributed by atoms with E-state index in [0.29, 0.717) is 4.47 Å². The summed E-state index contributed by atoms with van der Waals surface area (Å²) >= 11 is 1.27. The molecule has 1 aromatic heterocycles. The number of alkyl halides is 3. The van der Waals surface area contributed by atoms with E-state index in [1.165, 1.54) is 12.1 Å². The van der Waals surface area contributed by atoms with Crippen LogP contribution in [0.5, 0.6) is 0 Å². The summed E-state index contributed by atoms with van der Waals surface area (Å²) in [5.74, 6) is 0. The summed E-state index contributed by atoms with van der Waals surface area (Å²) in [6.45, 7) is 0. The van der Waals surface area contributed by atoms with Crippen LogP contribution in [0, 0.1) is 0 Å². The number of hydrogen-bond acceptors (Lipinski definition) is 2. The van der Waals surface area contributed by atoms with Gasteiger partial charge in [-0.15, -0.1) is 0 Å². The van der Waals surface area contributed by atoms with Gasteiger partial charge in [-0.3, -0.25) is 0 Å². The van der Waals surface area contributed by atoms with Gasteiger partial charge in [0.05, 0.1) is 0 Å². The van der Waals surface area contributed by atoms with Crippen LogP contribution in [-0.2, 0) is 0 Å². The number of fused-ring (bicyclic) bond motifs is 1. The zero-order valence-electron chi connectivity index (χ0n) is 8.05. The first-order valence-electron chi connectivity index (χ1n) is 4.33. The van der Waals surface area contributed by atoms with E-state index in [1.54, 1.807) is 6.07 Å². The Morgan fingerprint density at radius 3 is 2.65 bits per heavy atom. The topological polar surface area (TPSA) is 30.2 Å². The summed E-state index contributed by atoms with van der Waals surface area (Å²) in [5, 5.41) is -4.20. The average Bonchev–Trinajstić information content (AvgIpc) is 2.21. The van der Waals surface area contributed by atoms with E-state index in [4.69, 9.17) is 4.42 Å². The molecule has 0 amide bonds.